The van der Waals surface area contributed by atoms with E-state index in [0.29, 0.717) is 23.9 Å². The van der Waals surface area contributed by atoms with Gasteiger partial charge in [0, 0.05) is 38.3 Å². The molecule has 4 nitrogen and oxygen atoms in total. The summed E-state index contributed by atoms with van der Waals surface area (Å²) in [7, 11) is 2.22. The molecule has 0 radical (unpaired) electrons. The molecule has 2 fully saturated rings. The number of likely N-dealkylation sites (N-methyl/N-ethyl adjacent to an activating group) is 1. The largest absolute Gasteiger partial charge is 0.341 e. The number of hydrogen-bond donors (Lipinski definition) is 0. The quantitative estimate of drug-likeness (QED) is 0.779. The molecule has 2 aliphatic heterocycles. The lowest BCUT2D eigenvalue weighted by atomic mass is 10.00. The third-order valence-electron chi connectivity index (χ3n) is 5.28. The lowest BCUT2D eigenvalue weighted by Crippen LogP contribution is -2.51. The molecule has 0 unspecified atom stereocenters. The molecule has 22 heavy (non-hydrogen) atoms. The topological polar surface area (TPSA) is 26.8 Å². The molecule has 0 aliphatic carbocycles. The Labute approximate surface area is 136 Å². The molecule has 0 aromatic rings. The average molecular weight is 309 g/mol. The molecule has 2 saturated heterocycles. The molecule has 2 rings (SSSR count). The van der Waals surface area contributed by atoms with Gasteiger partial charge in [-0.15, -0.1) is 0 Å². The Bertz CT molecular complexity index is 369. The van der Waals surface area contributed by atoms with Crippen LogP contribution in [-0.2, 0) is 4.79 Å². The first-order chi connectivity index (χ1) is 10.4. The number of carbonyl (C=O) groups is 1. The zero-order valence-corrected chi connectivity index (χ0v) is 15.2. The van der Waals surface area contributed by atoms with Crippen molar-refractivity contribution in [2.75, 3.05) is 39.8 Å². The molecule has 4 heteroatoms. The van der Waals surface area contributed by atoms with Crippen LogP contribution >= 0.6 is 0 Å². The molecular weight excluding hydrogens is 274 g/mol. The van der Waals surface area contributed by atoms with Crippen molar-refractivity contribution in [2.45, 2.75) is 59.0 Å². The van der Waals surface area contributed by atoms with E-state index < -0.39 is 0 Å². The zero-order chi connectivity index (χ0) is 16.3. The molecule has 0 aromatic heterocycles. The van der Waals surface area contributed by atoms with Crippen LogP contribution in [0.1, 0.15) is 47.0 Å². The van der Waals surface area contributed by atoms with Gasteiger partial charge in [-0.05, 0) is 52.6 Å². The van der Waals surface area contributed by atoms with E-state index in [9.17, 15) is 4.79 Å². The molecule has 0 spiro atoms. The molecule has 0 aromatic carbocycles. The number of piperidine rings is 1. The highest BCUT2D eigenvalue weighted by Gasteiger charge is 2.34. The number of hydrogen-bond acceptors (Lipinski definition) is 3. The van der Waals surface area contributed by atoms with Crippen molar-refractivity contribution in [3.8, 4) is 0 Å². The van der Waals surface area contributed by atoms with Crippen LogP contribution in [0.5, 0.6) is 0 Å². The predicted octanol–water partition coefficient (Wildman–Crippen LogP) is 2.30. The van der Waals surface area contributed by atoms with Crippen LogP contribution in [0.4, 0.5) is 0 Å². The van der Waals surface area contributed by atoms with Crippen LogP contribution < -0.4 is 0 Å². The summed E-state index contributed by atoms with van der Waals surface area (Å²) in [6.07, 6.45) is 3.43. The molecule has 0 saturated carbocycles. The van der Waals surface area contributed by atoms with Crippen molar-refractivity contribution in [1.29, 1.82) is 0 Å². The van der Waals surface area contributed by atoms with E-state index in [1.165, 1.54) is 6.42 Å². The number of rotatable bonds is 5. The summed E-state index contributed by atoms with van der Waals surface area (Å²) in [4.78, 5) is 19.9. The van der Waals surface area contributed by atoms with Crippen molar-refractivity contribution < 1.29 is 4.79 Å². The van der Waals surface area contributed by atoms with Gasteiger partial charge in [0.1, 0.15) is 0 Å². The van der Waals surface area contributed by atoms with Gasteiger partial charge in [-0.2, -0.15) is 0 Å². The van der Waals surface area contributed by atoms with Crippen LogP contribution in [0.25, 0.3) is 0 Å². The Balaban J connectivity index is 1.88. The Morgan fingerprint density at radius 2 is 1.86 bits per heavy atom. The van der Waals surface area contributed by atoms with Crippen molar-refractivity contribution in [3.05, 3.63) is 0 Å². The van der Waals surface area contributed by atoms with E-state index in [-0.39, 0.29) is 5.92 Å². The average Bonchev–Trinajstić information content (AvgIpc) is 2.96. The first kappa shape index (κ1) is 17.7. The number of amides is 1. The summed E-state index contributed by atoms with van der Waals surface area (Å²) in [6.45, 7) is 14.0. The lowest BCUT2D eigenvalue weighted by molar-refractivity contribution is -0.137. The van der Waals surface area contributed by atoms with E-state index in [0.717, 1.165) is 45.6 Å². The van der Waals surface area contributed by atoms with Gasteiger partial charge >= 0.3 is 0 Å². The Hall–Kier alpha value is -0.610. The van der Waals surface area contributed by atoms with Crippen LogP contribution in [0.2, 0.25) is 0 Å². The Kier molecular flexibility index (Phi) is 6.27. The maximum Gasteiger partial charge on any atom is 0.227 e. The molecule has 128 valence electrons. The van der Waals surface area contributed by atoms with E-state index in [1.54, 1.807) is 0 Å². The van der Waals surface area contributed by atoms with Gasteiger partial charge in [0.25, 0.3) is 0 Å². The number of nitrogens with zero attached hydrogens (tertiary/aromatic N) is 3. The highest BCUT2D eigenvalue weighted by molar-refractivity contribution is 5.79. The lowest BCUT2D eigenvalue weighted by Gasteiger charge is -2.39. The fraction of sp³-hybridized carbons (Fsp3) is 0.944. The van der Waals surface area contributed by atoms with Crippen molar-refractivity contribution in [3.63, 3.8) is 0 Å². The highest BCUT2D eigenvalue weighted by Crippen LogP contribution is 2.23. The standard InChI is InChI=1S/C18H35N3O/c1-14(2)11-19(5)17-7-6-9-21(13-17)18(22)16-8-10-20(12-16)15(3)4/h14-17H,6-13H2,1-5H3/t16-,17-/m1/s1. The summed E-state index contributed by atoms with van der Waals surface area (Å²) >= 11 is 0. The van der Waals surface area contributed by atoms with Gasteiger partial charge in [-0.25, -0.2) is 0 Å². The van der Waals surface area contributed by atoms with Crippen molar-refractivity contribution in [1.82, 2.24) is 14.7 Å². The van der Waals surface area contributed by atoms with E-state index in [1.807, 2.05) is 0 Å². The minimum Gasteiger partial charge on any atom is -0.341 e. The second-order valence-corrected chi connectivity index (χ2v) is 7.99. The first-order valence-corrected chi connectivity index (χ1v) is 9.11. The number of likely N-dealkylation sites (tertiary alicyclic amines) is 2. The molecule has 2 aliphatic rings. The summed E-state index contributed by atoms with van der Waals surface area (Å²) in [6, 6.07) is 1.10. The monoisotopic (exact) mass is 309 g/mol. The van der Waals surface area contributed by atoms with Crippen LogP contribution in [0.3, 0.4) is 0 Å². The summed E-state index contributed by atoms with van der Waals surface area (Å²) in [5.41, 5.74) is 0. The fourth-order valence-corrected chi connectivity index (χ4v) is 3.96. The van der Waals surface area contributed by atoms with E-state index >= 15 is 0 Å². The maximum atomic E-state index is 12.8. The minimum absolute atomic E-state index is 0.233. The number of carbonyl (C=O) groups excluding carboxylic acids is 1. The predicted molar refractivity (Wildman–Crippen MR) is 91.9 cm³/mol. The van der Waals surface area contributed by atoms with Crippen molar-refractivity contribution in [2.24, 2.45) is 11.8 Å². The highest BCUT2D eigenvalue weighted by atomic mass is 16.2. The molecule has 0 N–H and O–H groups in total. The smallest absolute Gasteiger partial charge is 0.227 e. The van der Waals surface area contributed by atoms with Crippen LogP contribution in [0, 0.1) is 11.8 Å². The molecule has 2 atom stereocenters. The summed E-state index contributed by atoms with van der Waals surface area (Å²) in [5.74, 6) is 1.33. The van der Waals surface area contributed by atoms with Gasteiger partial charge in [-0.3, -0.25) is 4.79 Å². The van der Waals surface area contributed by atoms with Gasteiger partial charge in [-0.1, -0.05) is 13.8 Å². The molecule has 0 bridgehead atoms. The van der Waals surface area contributed by atoms with Gasteiger partial charge in [0.05, 0.1) is 5.92 Å². The third-order valence-corrected chi connectivity index (χ3v) is 5.28. The molecule has 2 heterocycles. The summed E-state index contributed by atoms with van der Waals surface area (Å²) < 4.78 is 0. The third kappa shape index (κ3) is 4.45. The second kappa shape index (κ2) is 7.78. The second-order valence-electron chi connectivity index (χ2n) is 7.99. The normalized spacial score (nSPS) is 27.4. The van der Waals surface area contributed by atoms with Crippen molar-refractivity contribution >= 4 is 5.91 Å². The van der Waals surface area contributed by atoms with E-state index in [2.05, 4.69) is 49.4 Å². The van der Waals surface area contributed by atoms with Gasteiger partial charge < -0.3 is 14.7 Å². The first-order valence-electron chi connectivity index (χ1n) is 9.11. The molecule has 1 amide bonds. The zero-order valence-electron chi connectivity index (χ0n) is 15.2. The fourth-order valence-electron chi connectivity index (χ4n) is 3.96. The SMILES string of the molecule is CC(C)CN(C)[C@@H]1CCCN(C(=O)[C@@H]2CCN(C(C)C)C2)C1. The minimum atomic E-state index is 0.233. The van der Waals surface area contributed by atoms with Gasteiger partial charge in [0.2, 0.25) is 5.91 Å². The molecular formula is C18H35N3O. The maximum absolute atomic E-state index is 12.8. The summed E-state index contributed by atoms with van der Waals surface area (Å²) in [5, 5.41) is 0. The van der Waals surface area contributed by atoms with E-state index in [4.69, 9.17) is 0 Å². The van der Waals surface area contributed by atoms with Crippen LogP contribution in [-0.4, -0.2) is 72.5 Å². The Morgan fingerprint density at radius 3 is 2.45 bits per heavy atom. The van der Waals surface area contributed by atoms with Gasteiger partial charge in [0.15, 0.2) is 0 Å². The Morgan fingerprint density at radius 1 is 1.14 bits per heavy atom. The van der Waals surface area contributed by atoms with Crippen LogP contribution in [0.15, 0.2) is 0 Å².